The molecule has 0 aliphatic carbocycles. The zero-order chi connectivity index (χ0) is 61.2. The first kappa shape index (κ1) is 55.1. The van der Waals surface area contributed by atoms with Crippen LogP contribution in [0.15, 0.2) is 364 Å². The Bertz CT molecular complexity index is 5120. The van der Waals surface area contributed by atoms with Gasteiger partial charge in [0.05, 0.1) is 22.7 Å². The van der Waals surface area contributed by atoms with Crippen LogP contribution in [0.3, 0.4) is 0 Å². The lowest BCUT2D eigenvalue weighted by atomic mass is 9.86. The Balaban J connectivity index is 0.661. The molecule has 0 aromatic heterocycles. The summed E-state index contributed by atoms with van der Waals surface area (Å²) >= 11 is 0. The van der Waals surface area contributed by atoms with Crippen molar-refractivity contribution in [3.8, 4) is 55.6 Å². The van der Waals surface area contributed by atoms with Gasteiger partial charge in [0.25, 0.3) is 0 Å². The Morgan fingerprint density at radius 2 is 0.478 bits per heavy atom. The maximum Gasteiger partial charge on any atom is 0.0540 e. The number of benzene rings is 16. The fourth-order valence-electron chi connectivity index (χ4n) is 13.3. The van der Waals surface area contributed by atoms with Gasteiger partial charge in [-0.3, -0.25) is 0 Å². The highest BCUT2D eigenvalue weighted by atomic mass is 15.2. The number of anilines is 10. The number of fused-ring (bicyclic) bond motifs is 4. The molecule has 0 saturated carbocycles. The topological polar surface area (TPSA) is 30.5 Å². The van der Waals surface area contributed by atoms with E-state index >= 15 is 0 Å². The van der Waals surface area contributed by atoms with Crippen LogP contribution < -0.4 is 20.4 Å². The number of hydrogen-bond donors (Lipinski definition) is 2. The quantitative estimate of drug-likeness (QED) is 0.107. The first-order chi connectivity index (χ1) is 45.6. The SMILES string of the molecule is c1ccc(-c2c(Nc3ccc(-c4ccc(N(c5cccc6ccccc56)c5cccc6ccccc56)cc4)cc3)ccc(-c3ccc(Nc4ccc(-c5ccc(N(c6cccc7ccccc67)c6cccc7ccccc67)cc5)cc4)cc3)c2-c2ccccc2)cc1. The Morgan fingerprint density at radius 3 is 0.848 bits per heavy atom. The number of rotatable bonds is 15. The van der Waals surface area contributed by atoms with Gasteiger partial charge >= 0.3 is 0 Å². The van der Waals surface area contributed by atoms with E-state index in [9.17, 15) is 0 Å². The number of nitrogens with one attached hydrogen (secondary N) is 2. The lowest BCUT2D eigenvalue weighted by Gasteiger charge is -2.28. The first-order valence-electron chi connectivity index (χ1n) is 31.5. The van der Waals surface area contributed by atoms with Crippen molar-refractivity contribution in [1.82, 2.24) is 0 Å². The van der Waals surface area contributed by atoms with Crippen molar-refractivity contribution in [2.24, 2.45) is 0 Å². The fourth-order valence-corrected chi connectivity index (χ4v) is 13.3. The molecule has 0 bridgehead atoms. The molecule has 16 aromatic rings. The van der Waals surface area contributed by atoms with Crippen LogP contribution in [0.1, 0.15) is 0 Å². The van der Waals surface area contributed by atoms with Gasteiger partial charge in [-0.25, -0.2) is 0 Å². The molecule has 434 valence electrons. The summed E-state index contributed by atoms with van der Waals surface area (Å²) in [5.74, 6) is 0. The summed E-state index contributed by atoms with van der Waals surface area (Å²) in [6.07, 6.45) is 0. The van der Waals surface area contributed by atoms with E-state index in [-0.39, 0.29) is 0 Å². The van der Waals surface area contributed by atoms with Gasteiger partial charge < -0.3 is 20.4 Å². The largest absolute Gasteiger partial charge is 0.356 e. The predicted molar refractivity (Wildman–Crippen MR) is 392 cm³/mol. The third-order valence-electron chi connectivity index (χ3n) is 17.8. The lowest BCUT2D eigenvalue weighted by Crippen LogP contribution is -2.11. The maximum absolute atomic E-state index is 3.89. The van der Waals surface area contributed by atoms with Gasteiger partial charge in [0, 0.05) is 61.2 Å². The van der Waals surface area contributed by atoms with Crippen LogP contribution in [0.4, 0.5) is 56.9 Å². The molecule has 4 nitrogen and oxygen atoms in total. The molecule has 0 unspecified atom stereocenters. The molecule has 0 spiro atoms. The van der Waals surface area contributed by atoms with E-state index in [1.165, 1.54) is 48.7 Å². The molecule has 16 rings (SSSR count). The van der Waals surface area contributed by atoms with Crippen LogP contribution in [-0.4, -0.2) is 0 Å². The van der Waals surface area contributed by atoms with Crippen molar-refractivity contribution in [2.75, 3.05) is 20.4 Å². The van der Waals surface area contributed by atoms with Crippen molar-refractivity contribution in [2.45, 2.75) is 0 Å². The highest BCUT2D eigenvalue weighted by molar-refractivity contribution is 6.07. The normalized spacial score (nSPS) is 11.3. The molecule has 2 N–H and O–H groups in total. The van der Waals surface area contributed by atoms with Gasteiger partial charge in [0.1, 0.15) is 0 Å². The van der Waals surface area contributed by atoms with Gasteiger partial charge in [0.15, 0.2) is 0 Å². The fraction of sp³-hybridized carbons (Fsp3) is 0. The zero-order valence-corrected chi connectivity index (χ0v) is 50.5. The van der Waals surface area contributed by atoms with Crippen LogP contribution in [-0.2, 0) is 0 Å². The molecule has 16 aromatic carbocycles. The van der Waals surface area contributed by atoms with E-state index in [2.05, 4.69) is 384 Å². The zero-order valence-electron chi connectivity index (χ0n) is 50.5. The van der Waals surface area contributed by atoms with Crippen molar-refractivity contribution in [3.05, 3.63) is 364 Å². The predicted octanol–water partition coefficient (Wildman–Crippen LogP) is 25.1. The van der Waals surface area contributed by atoms with Gasteiger partial charge in [-0.1, -0.05) is 273 Å². The van der Waals surface area contributed by atoms with E-state index in [1.807, 2.05) is 0 Å². The van der Waals surface area contributed by atoms with Crippen LogP contribution >= 0.6 is 0 Å². The number of hydrogen-bond acceptors (Lipinski definition) is 4. The van der Waals surface area contributed by atoms with E-state index < -0.39 is 0 Å². The molecule has 4 heteroatoms. The maximum atomic E-state index is 3.89. The summed E-state index contributed by atoms with van der Waals surface area (Å²) in [7, 11) is 0. The average Bonchev–Trinajstić information content (AvgIpc) is 0.826. The second kappa shape index (κ2) is 24.4. The van der Waals surface area contributed by atoms with E-state index in [4.69, 9.17) is 0 Å². The Hall–Kier alpha value is -12.2. The Morgan fingerprint density at radius 1 is 0.185 bits per heavy atom. The third kappa shape index (κ3) is 10.7. The second-order valence-electron chi connectivity index (χ2n) is 23.4. The van der Waals surface area contributed by atoms with Crippen LogP contribution in [0.5, 0.6) is 0 Å². The molecule has 0 heterocycles. The summed E-state index contributed by atoms with van der Waals surface area (Å²) < 4.78 is 0. The summed E-state index contributed by atoms with van der Waals surface area (Å²) in [6.45, 7) is 0. The Kier molecular flexibility index (Phi) is 14.6. The third-order valence-corrected chi connectivity index (χ3v) is 17.8. The standard InChI is InChI=1S/C88H62N4/c1-3-23-70(24-4-1)87-81(69-43-53-73(54-44-69)89-72-49-39-61(40-50-72)63-45-55-75(56-46-63)91(83-35-15-27-65-19-7-11-31-77(65)83)84-36-16-28-66-20-8-12-32-78(66)84)59-60-82(88(87)71-25-5-2-6-26-71)90-74-51-41-62(42-52-74)64-47-57-76(58-48-64)92(85-37-17-29-67-21-9-13-33-79(67)85)86-38-18-30-68-22-10-14-34-80(68)86/h1-60,89-90H. The summed E-state index contributed by atoms with van der Waals surface area (Å²) in [5.41, 5.74) is 22.3. The van der Waals surface area contributed by atoms with Crippen LogP contribution in [0.25, 0.3) is 98.7 Å². The minimum atomic E-state index is 1.01. The molecule has 92 heavy (non-hydrogen) atoms. The molecule has 0 fully saturated rings. The number of nitrogens with zero attached hydrogens (tertiary/aromatic N) is 2. The first-order valence-corrected chi connectivity index (χ1v) is 31.5. The van der Waals surface area contributed by atoms with Crippen LogP contribution in [0, 0.1) is 0 Å². The highest BCUT2D eigenvalue weighted by Gasteiger charge is 2.22. The monoisotopic (exact) mass is 1170 g/mol. The van der Waals surface area contributed by atoms with Gasteiger partial charge in [-0.2, -0.15) is 0 Å². The molecule has 0 atom stereocenters. The van der Waals surface area contributed by atoms with E-state index in [1.54, 1.807) is 0 Å². The highest BCUT2D eigenvalue weighted by Crippen LogP contribution is 2.48. The average molecular weight is 1180 g/mol. The molecule has 0 amide bonds. The molecular weight excluding hydrogens is 1110 g/mol. The second-order valence-corrected chi connectivity index (χ2v) is 23.4. The van der Waals surface area contributed by atoms with Gasteiger partial charge in [-0.05, 0) is 163 Å². The molecule has 0 aliphatic rings. The molecule has 0 saturated heterocycles. The summed E-state index contributed by atoms with van der Waals surface area (Å²) in [4.78, 5) is 4.81. The van der Waals surface area contributed by atoms with Gasteiger partial charge in [0.2, 0.25) is 0 Å². The van der Waals surface area contributed by atoms with Gasteiger partial charge in [-0.15, -0.1) is 0 Å². The molecule has 0 aliphatic heterocycles. The van der Waals surface area contributed by atoms with Crippen molar-refractivity contribution in [3.63, 3.8) is 0 Å². The van der Waals surface area contributed by atoms with Crippen LogP contribution in [0.2, 0.25) is 0 Å². The summed E-state index contributed by atoms with van der Waals surface area (Å²) in [5, 5.41) is 17.2. The lowest BCUT2D eigenvalue weighted by molar-refractivity contribution is 1.31. The van der Waals surface area contributed by atoms with Crippen molar-refractivity contribution < 1.29 is 0 Å². The van der Waals surface area contributed by atoms with E-state index in [0.717, 1.165) is 107 Å². The van der Waals surface area contributed by atoms with Crippen molar-refractivity contribution >= 4 is 100.0 Å². The summed E-state index contributed by atoms with van der Waals surface area (Å²) in [6, 6.07) is 131. The van der Waals surface area contributed by atoms with Crippen molar-refractivity contribution in [1.29, 1.82) is 0 Å². The minimum Gasteiger partial charge on any atom is -0.356 e. The molecular formula is C88H62N4. The minimum absolute atomic E-state index is 1.01. The smallest absolute Gasteiger partial charge is 0.0540 e. The van der Waals surface area contributed by atoms with E-state index in [0.29, 0.717) is 0 Å². The molecule has 0 radical (unpaired) electrons. The Labute approximate surface area is 536 Å².